The highest BCUT2D eigenvalue weighted by molar-refractivity contribution is 9.11. The molecule has 1 atom stereocenters. The zero-order valence-electron chi connectivity index (χ0n) is 10.5. The van der Waals surface area contributed by atoms with E-state index in [0.29, 0.717) is 12.1 Å². The van der Waals surface area contributed by atoms with Crippen LogP contribution in [0.3, 0.4) is 0 Å². The predicted octanol–water partition coefficient (Wildman–Crippen LogP) is 4.23. The summed E-state index contributed by atoms with van der Waals surface area (Å²) in [6, 6.07) is 14.8. The fraction of sp³-hybridized carbons (Fsp3) is 0.133. The first-order valence-corrected chi connectivity index (χ1v) is 7.56. The van der Waals surface area contributed by atoms with Crippen molar-refractivity contribution in [1.29, 1.82) is 5.26 Å². The Morgan fingerprint density at radius 1 is 1.10 bits per heavy atom. The number of aliphatic hydroxyl groups is 1. The van der Waals surface area contributed by atoms with Gasteiger partial charge in [0.2, 0.25) is 0 Å². The minimum atomic E-state index is -0.637. The zero-order chi connectivity index (χ0) is 14.5. The molecule has 0 radical (unpaired) electrons. The maximum absolute atomic E-state index is 10.2. The lowest BCUT2D eigenvalue weighted by molar-refractivity contribution is 0.191. The van der Waals surface area contributed by atoms with E-state index in [1.807, 2.05) is 18.2 Å². The van der Waals surface area contributed by atoms with Gasteiger partial charge in [-0.1, -0.05) is 18.2 Å². The van der Waals surface area contributed by atoms with Gasteiger partial charge >= 0.3 is 0 Å². The molecule has 2 N–H and O–H groups in total. The second kappa shape index (κ2) is 6.89. The van der Waals surface area contributed by atoms with Crippen molar-refractivity contribution in [2.75, 3.05) is 11.9 Å². The molecule has 2 rings (SSSR count). The van der Waals surface area contributed by atoms with Gasteiger partial charge in [0, 0.05) is 15.5 Å². The molecular formula is C15H12Br2N2O. The van der Waals surface area contributed by atoms with Gasteiger partial charge in [-0.05, 0) is 61.7 Å². The van der Waals surface area contributed by atoms with Gasteiger partial charge in [-0.3, -0.25) is 0 Å². The van der Waals surface area contributed by atoms with Crippen molar-refractivity contribution in [2.45, 2.75) is 6.10 Å². The molecule has 0 fully saturated rings. The second-order valence-electron chi connectivity index (χ2n) is 4.23. The molecule has 0 aromatic heterocycles. The predicted molar refractivity (Wildman–Crippen MR) is 86.4 cm³/mol. The Morgan fingerprint density at radius 2 is 1.70 bits per heavy atom. The molecule has 5 heteroatoms. The first-order valence-electron chi connectivity index (χ1n) is 5.98. The third kappa shape index (κ3) is 3.60. The van der Waals surface area contributed by atoms with Crippen molar-refractivity contribution in [3.63, 3.8) is 0 Å². The Balaban J connectivity index is 2.05. The maximum Gasteiger partial charge on any atom is 0.0991 e. The van der Waals surface area contributed by atoms with Crippen molar-refractivity contribution in [2.24, 2.45) is 0 Å². The van der Waals surface area contributed by atoms with Crippen molar-refractivity contribution in [3.05, 3.63) is 62.5 Å². The molecule has 2 aromatic rings. The Labute approximate surface area is 134 Å². The number of para-hydroxylation sites is 1. The molecule has 20 heavy (non-hydrogen) atoms. The van der Waals surface area contributed by atoms with Gasteiger partial charge in [0.1, 0.15) is 0 Å². The lowest BCUT2D eigenvalue weighted by Gasteiger charge is -2.15. The van der Waals surface area contributed by atoms with E-state index in [9.17, 15) is 5.11 Å². The number of nitrogens with zero attached hydrogens (tertiary/aromatic N) is 1. The standard InChI is InChI=1S/C15H12Br2N2O/c16-12-2-1-3-13(17)15(12)19-9-14(20)11-6-4-10(8-18)5-7-11/h1-7,14,19-20H,9H2. The minimum Gasteiger partial charge on any atom is -0.387 e. The quantitative estimate of drug-likeness (QED) is 0.814. The molecule has 0 aliphatic rings. The third-order valence-corrected chi connectivity index (χ3v) is 4.18. The molecule has 1 unspecified atom stereocenters. The molecule has 0 heterocycles. The van der Waals surface area contributed by atoms with Gasteiger partial charge in [0.15, 0.2) is 0 Å². The highest BCUT2D eigenvalue weighted by Gasteiger charge is 2.10. The highest BCUT2D eigenvalue weighted by Crippen LogP contribution is 2.31. The summed E-state index contributed by atoms with van der Waals surface area (Å²) >= 11 is 6.92. The zero-order valence-corrected chi connectivity index (χ0v) is 13.6. The van der Waals surface area contributed by atoms with Crippen LogP contribution in [0.25, 0.3) is 0 Å². The van der Waals surface area contributed by atoms with Gasteiger partial charge in [-0.2, -0.15) is 5.26 Å². The summed E-state index contributed by atoms with van der Waals surface area (Å²) in [5.74, 6) is 0. The van der Waals surface area contributed by atoms with Gasteiger partial charge in [-0.15, -0.1) is 0 Å². The average molecular weight is 396 g/mol. The summed E-state index contributed by atoms with van der Waals surface area (Å²) in [5.41, 5.74) is 2.27. The molecule has 0 bridgehead atoms. The second-order valence-corrected chi connectivity index (χ2v) is 5.94. The van der Waals surface area contributed by atoms with Crippen LogP contribution in [-0.4, -0.2) is 11.7 Å². The van der Waals surface area contributed by atoms with Crippen LogP contribution in [0.15, 0.2) is 51.4 Å². The number of aliphatic hydroxyl groups excluding tert-OH is 1. The molecule has 3 nitrogen and oxygen atoms in total. The normalized spacial score (nSPS) is 11.7. The van der Waals surface area contributed by atoms with Crippen molar-refractivity contribution < 1.29 is 5.11 Å². The van der Waals surface area contributed by atoms with Crippen LogP contribution in [0.4, 0.5) is 5.69 Å². The fourth-order valence-electron chi connectivity index (χ4n) is 1.76. The number of hydrogen-bond acceptors (Lipinski definition) is 3. The molecule has 0 amide bonds. The number of rotatable bonds is 4. The van der Waals surface area contributed by atoms with Gasteiger partial charge < -0.3 is 10.4 Å². The van der Waals surface area contributed by atoms with Crippen LogP contribution >= 0.6 is 31.9 Å². The monoisotopic (exact) mass is 394 g/mol. The first-order chi connectivity index (χ1) is 9.61. The van der Waals surface area contributed by atoms with E-state index in [2.05, 4.69) is 43.2 Å². The number of halogens is 2. The molecule has 0 saturated carbocycles. The summed E-state index contributed by atoms with van der Waals surface area (Å²) in [6.07, 6.45) is -0.637. The number of anilines is 1. The average Bonchev–Trinajstić information content (AvgIpc) is 2.46. The maximum atomic E-state index is 10.2. The number of hydrogen-bond donors (Lipinski definition) is 2. The van der Waals surface area contributed by atoms with E-state index < -0.39 is 6.10 Å². The van der Waals surface area contributed by atoms with Crippen LogP contribution < -0.4 is 5.32 Å². The molecule has 0 aliphatic heterocycles. The smallest absolute Gasteiger partial charge is 0.0991 e. The molecule has 102 valence electrons. The molecule has 0 saturated heterocycles. The van der Waals surface area contributed by atoms with Crippen LogP contribution in [0, 0.1) is 11.3 Å². The molecule has 2 aromatic carbocycles. The SMILES string of the molecule is N#Cc1ccc(C(O)CNc2c(Br)cccc2Br)cc1. The Hall–Kier alpha value is -1.35. The summed E-state index contributed by atoms with van der Waals surface area (Å²) in [7, 11) is 0. The van der Waals surface area contributed by atoms with Gasteiger partial charge in [0.05, 0.1) is 23.4 Å². The number of nitrogens with one attached hydrogen (secondary N) is 1. The number of nitriles is 1. The fourth-order valence-corrected chi connectivity index (χ4v) is 3.04. The highest BCUT2D eigenvalue weighted by atomic mass is 79.9. The van der Waals surface area contributed by atoms with E-state index in [1.165, 1.54) is 0 Å². The van der Waals surface area contributed by atoms with Crippen molar-refractivity contribution in [1.82, 2.24) is 0 Å². The summed E-state index contributed by atoms with van der Waals surface area (Å²) < 4.78 is 1.86. The first kappa shape index (κ1) is 15.0. The van der Waals surface area contributed by atoms with E-state index in [4.69, 9.17) is 5.26 Å². The number of benzene rings is 2. The summed E-state index contributed by atoms with van der Waals surface area (Å²) in [4.78, 5) is 0. The molecular weight excluding hydrogens is 384 g/mol. The lowest BCUT2D eigenvalue weighted by Crippen LogP contribution is -2.12. The van der Waals surface area contributed by atoms with Crippen molar-refractivity contribution >= 4 is 37.5 Å². The van der Waals surface area contributed by atoms with Gasteiger partial charge in [-0.25, -0.2) is 0 Å². The third-order valence-electron chi connectivity index (χ3n) is 2.86. The van der Waals surface area contributed by atoms with Crippen LogP contribution in [0.2, 0.25) is 0 Å². The topological polar surface area (TPSA) is 56.0 Å². The summed E-state index contributed by atoms with van der Waals surface area (Å²) in [5, 5.41) is 22.1. The van der Waals surface area contributed by atoms with Gasteiger partial charge in [0.25, 0.3) is 0 Å². The Bertz CT molecular complexity index is 615. The van der Waals surface area contributed by atoms with E-state index in [0.717, 1.165) is 20.2 Å². The van der Waals surface area contributed by atoms with Crippen LogP contribution in [-0.2, 0) is 0 Å². The van der Waals surface area contributed by atoms with E-state index in [-0.39, 0.29) is 0 Å². The van der Waals surface area contributed by atoms with Crippen LogP contribution in [0.1, 0.15) is 17.2 Å². The Kier molecular flexibility index (Phi) is 5.18. The summed E-state index contributed by atoms with van der Waals surface area (Å²) in [6.45, 7) is 0.382. The lowest BCUT2D eigenvalue weighted by atomic mass is 10.1. The minimum absolute atomic E-state index is 0.382. The van der Waals surface area contributed by atoms with Crippen molar-refractivity contribution in [3.8, 4) is 6.07 Å². The molecule has 0 spiro atoms. The Morgan fingerprint density at radius 3 is 2.25 bits per heavy atom. The van der Waals surface area contributed by atoms with E-state index >= 15 is 0 Å². The van der Waals surface area contributed by atoms with E-state index in [1.54, 1.807) is 24.3 Å². The largest absolute Gasteiger partial charge is 0.387 e. The van der Waals surface area contributed by atoms with Crippen LogP contribution in [0.5, 0.6) is 0 Å². The molecule has 0 aliphatic carbocycles.